The number of benzene rings is 3. The van der Waals surface area contributed by atoms with Gasteiger partial charge in [0, 0.05) is 10.7 Å². The van der Waals surface area contributed by atoms with E-state index in [1.165, 1.54) is 5.39 Å². The highest BCUT2D eigenvalue weighted by Gasteiger charge is 2.13. The standard InChI is InChI=1S/C18H16ClNO/c19-14-8-10-15(11-9-14)20-18(12-21)17-7-3-5-13-4-1-2-6-16(13)17/h1-11,18,20-21H,12H2. The average Bonchev–Trinajstić information content (AvgIpc) is 2.54. The molecule has 0 aliphatic rings. The molecule has 0 fully saturated rings. The van der Waals surface area contributed by atoms with Crippen LogP contribution < -0.4 is 5.32 Å². The summed E-state index contributed by atoms with van der Waals surface area (Å²) in [4.78, 5) is 0. The maximum absolute atomic E-state index is 9.77. The average molecular weight is 298 g/mol. The molecule has 3 aromatic carbocycles. The van der Waals surface area contributed by atoms with Gasteiger partial charge in [-0.2, -0.15) is 0 Å². The van der Waals surface area contributed by atoms with Gasteiger partial charge in [-0.3, -0.25) is 0 Å². The van der Waals surface area contributed by atoms with E-state index in [1.807, 2.05) is 48.5 Å². The summed E-state index contributed by atoms with van der Waals surface area (Å²) in [6.07, 6.45) is 0. The van der Waals surface area contributed by atoms with E-state index in [0.717, 1.165) is 16.6 Å². The Morgan fingerprint density at radius 3 is 2.38 bits per heavy atom. The normalized spacial score (nSPS) is 12.3. The fourth-order valence-corrected chi connectivity index (χ4v) is 2.65. The van der Waals surface area contributed by atoms with E-state index in [-0.39, 0.29) is 12.6 Å². The minimum atomic E-state index is -0.155. The van der Waals surface area contributed by atoms with Crippen LogP contribution in [0.2, 0.25) is 5.02 Å². The number of rotatable bonds is 4. The van der Waals surface area contributed by atoms with E-state index in [1.54, 1.807) is 0 Å². The third kappa shape index (κ3) is 3.02. The van der Waals surface area contributed by atoms with Crippen molar-refractivity contribution in [3.05, 3.63) is 77.3 Å². The largest absolute Gasteiger partial charge is 0.394 e. The van der Waals surface area contributed by atoms with Gasteiger partial charge in [0.05, 0.1) is 12.6 Å². The lowest BCUT2D eigenvalue weighted by Crippen LogP contribution is -2.15. The minimum Gasteiger partial charge on any atom is -0.394 e. The first kappa shape index (κ1) is 13.9. The molecule has 0 amide bonds. The predicted molar refractivity (Wildman–Crippen MR) is 88.8 cm³/mol. The number of fused-ring (bicyclic) bond motifs is 1. The minimum absolute atomic E-state index is 0.0244. The Balaban J connectivity index is 1.96. The van der Waals surface area contributed by atoms with Gasteiger partial charge in [0.2, 0.25) is 0 Å². The highest BCUT2D eigenvalue weighted by molar-refractivity contribution is 6.30. The van der Waals surface area contributed by atoms with E-state index in [4.69, 9.17) is 11.6 Å². The second-order valence-electron chi connectivity index (χ2n) is 4.95. The fourth-order valence-electron chi connectivity index (χ4n) is 2.52. The molecule has 0 bridgehead atoms. The molecule has 2 nitrogen and oxygen atoms in total. The van der Waals surface area contributed by atoms with Gasteiger partial charge in [-0.1, -0.05) is 54.1 Å². The smallest absolute Gasteiger partial charge is 0.0751 e. The summed E-state index contributed by atoms with van der Waals surface area (Å²) < 4.78 is 0. The number of hydrogen-bond donors (Lipinski definition) is 2. The molecule has 1 unspecified atom stereocenters. The molecule has 106 valence electrons. The summed E-state index contributed by atoms with van der Waals surface area (Å²) in [6.45, 7) is 0.0244. The molecule has 0 radical (unpaired) electrons. The molecule has 3 aromatic rings. The van der Waals surface area contributed by atoms with Gasteiger partial charge < -0.3 is 10.4 Å². The van der Waals surface area contributed by atoms with Crippen molar-refractivity contribution in [2.24, 2.45) is 0 Å². The van der Waals surface area contributed by atoms with Crippen LogP contribution in [0.15, 0.2) is 66.7 Å². The first-order chi connectivity index (χ1) is 10.3. The Bertz CT molecular complexity index is 734. The molecule has 21 heavy (non-hydrogen) atoms. The molecule has 1 atom stereocenters. The SMILES string of the molecule is OCC(Nc1ccc(Cl)cc1)c1cccc2ccccc12. The fraction of sp³-hybridized carbons (Fsp3) is 0.111. The number of aliphatic hydroxyl groups is 1. The van der Waals surface area contributed by atoms with Gasteiger partial charge in [-0.05, 0) is 40.6 Å². The molecule has 0 saturated heterocycles. The summed E-state index contributed by atoms with van der Waals surface area (Å²) in [5, 5.41) is 16.1. The van der Waals surface area contributed by atoms with Crippen LogP contribution >= 0.6 is 11.6 Å². The lowest BCUT2D eigenvalue weighted by Gasteiger charge is -2.20. The van der Waals surface area contributed by atoms with Gasteiger partial charge in [0.15, 0.2) is 0 Å². The van der Waals surface area contributed by atoms with Crippen LogP contribution in [-0.4, -0.2) is 11.7 Å². The molecule has 3 heteroatoms. The first-order valence-electron chi connectivity index (χ1n) is 6.88. The van der Waals surface area contributed by atoms with Crippen molar-refractivity contribution in [2.75, 3.05) is 11.9 Å². The Kier molecular flexibility index (Phi) is 4.09. The van der Waals surface area contributed by atoms with Crippen molar-refractivity contribution < 1.29 is 5.11 Å². The molecule has 0 saturated carbocycles. The number of hydrogen-bond acceptors (Lipinski definition) is 2. The predicted octanol–water partition coefficient (Wildman–Crippen LogP) is 4.64. The molecule has 0 aliphatic carbocycles. The van der Waals surface area contributed by atoms with E-state index in [2.05, 4.69) is 23.5 Å². The molecule has 0 heterocycles. The van der Waals surface area contributed by atoms with E-state index < -0.39 is 0 Å². The van der Waals surface area contributed by atoms with Crippen LogP contribution in [0.3, 0.4) is 0 Å². The van der Waals surface area contributed by atoms with Crippen LogP contribution in [0.25, 0.3) is 10.8 Å². The van der Waals surface area contributed by atoms with Crippen molar-refractivity contribution in [1.82, 2.24) is 0 Å². The van der Waals surface area contributed by atoms with Crippen molar-refractivity contribution in [2.45, 2.75) is 6.04 Å². The molecule has 0 aromatic heterocycles. The number of aliphatic hydroxyl groups excluding tert-OH is 1. The van der Waals surface area contributed by atoms with Crippen LogP contribution in [-0.2, 0) is 0 Å². The topological polar surface area (TPSA) is 32.3 Å². The van der Waals surface area contributed by atoms with E-state index in [9.17, 15) is 5.11 Å². The first-order valence-corrected chi connectivity index (χ1v) is 7.26. The summed E-state index contributed by atoms with van der Waals surface area (Å²) in [5.74, 6) is 0. The highest BCUT2D eigenvalue weighted by atomic mass is 35.5. The Hall–Kier alpha value is -2.03. The summed E-state index contributed by atoms with van der Waals surface area (Å²) >= 11 is 5.90. The number of halogens is 1. The van der Waals surface area contributed by atoms with Gasteiger partial charge in [0.1, 0.15) is 0 Å². The second kappa shape index (κ2) is 6.17. The third-order valence-corrected chi connectivity index (χ3v) is 3.82. The quantitative estimate of drug-likeness (QED) is 0.735. The van der Waals surface area contributed by atoms with Gasteiger partial charge >= 0.3 is 0 Å². The maximum atomic E-state index is 9.77. The lowest BCUT2D eigenvalue weighted by atomic mass is 9.99. The van der Waals surface area contributed by atoms with Gasteiger partial charge in [-0.25, -0.2) is 0 Å². The van der Waals surface area contributed by atoms with Crippen LogP contribution in [0, 0.1) is 0 Å². The zero-order valence-corrected chi connectivity index (χ0v) is 12.2. The van der Waals surface area contributed by atoms with Gasteiger partial charge in [0.25, 0.3) is 0 Å². The van der Waals surface area contributed by atoms with Crippen molar-refractivity contribution in [3.63, 3.8) is 0 Å². The van der Waals surface area contributed by atoms with Crippen LogP contribution in [0.5, 0.6) is 0 Å². The van der Waals surface area contributed by atoms with E-state index in [0.29, 0.717) is 5.02 Å². The van der Waals surface area contributed by atoms with Crippen LogP contribution in [0.1, 0.15) is 11.6 Å². The summed E-state index contributed by atoms with van der Waals surface area (Å²) in [7, 11) is 0. The molecular weight excluding hydrogens is 282 g/mol. The second-order valence-corrected chi connectivity index (χ2v) is 5.39. The summed E-state index contributed by atoms with van der Waals surface area (Å²) in [5.41, 5.74) is 2.02. The molecule has 3 rings (SSSR count). The Labute approximate surface area is 129 Å². The molecule has 0 aliphatic heterocycles. The Morgan fingerprint density at radius 2 is 1.62 bits per heavy atom. The highest BCUT2D eigenvalue weighted by Crippen LogP contribution is 2.27. The number of nitrogens with one attached hydrogen (secondary N) is 1. The van der Waals surface area contributed by atoms with Crippen LogP contribution in [0.4, 0.5) is 5.69 Å². The monoisotopic (exact) mass is 297 g/mol. The third-order valence-electron chi connectivity index (χ3n) is 3.57. The van der Waals surface area contributed by atoms with E-state index >= 15 is 0 Å². The zero-order valence-electron chi connectivity index (χ0n) is 11.5. The molecule has 2 N–H and O–H groups in total. The van der Waals surface area contributed by atoms with Crippen molar-refractivity contribution >= 4 is 28.1 Å². The maximum Gasteiger partial charge on any atom is 0.0751 e. The lowest BCUT2D eigenvalue weighted by molar-refractivity contribution is 0.277. The van der Waals surface area contributed by atoms with Crippen molar-refractivity contribution in [3.8, 4) is 0 Å². The van der Waals surface area contributed by atoms with Crippen molar-refractivity contribution in [1.29, 1.82) is 0 Å². The number of anilines is 1. The molecular formula is C18H16ClNO. The Morgan fingerprint density at radius 1 is 0.905 bits per heavy atom. The molecule has 0 spiro atoms. The zero-order chi connectivity index (χ0) is 14.7. The van der Waals surface area contributed by atoms with Gasteiger partial charge in [-0.15, -0.1) is 0 Å². The summed E-state index contributed by atoms with van der Waals surface area (Å²) in [6, 6.07) is 21.7.